The summed E-state index contributed by atoms with van der Waals surface area (Å²) >= 11 is 13.4. The van der Waals surface area contributed by atoms with Crippen LogP contribution in [0.2, 0.25) is 0 Å². The highest BCUT2D eigenvalue weighted by Crippen LogP contribution is 2.74. The molecule has 0 bridgehead atoms. The zero-order valence-corrected chi connectivity index (χ0v) is 13.1. The van der Waals surface area contributed by atoms with Crippen LogP contribution >= 0.6 is 38.7 Å². The van der Waals surface area contributed by atoms with E-state index in [-0.39, 0.29) is 0 Å². The molecule has 0 atom stereocenters. The van der Waals surface area contributed by atoms with E-state index in [0.29, 0.717) is 0 Å². The third kappa shape index (κ3) is 4.79. The minimum atomic E-state index is -1.73. The predicted octanol–water partition coefficient (Wildman–Crippen LogP) is 5.19. The van der Waals surface area contributed by atoms with Gasteiger partial charge >= 0.3 is 0 Å². The summed E-state index contributed by atoms with van der Waals surface area (Å²) in [6.45, 7) is 0. The average Bonchev–Trinajstić information content (AvgIpc) is 2.97. The molecule has 0 amide bonds. The van der Waals surface area contributed by atoms with Crippen molar-refractivity contribution in [1.82, 2.24) is 0 Å². The van der Waals surface area contributed by atoms with Crippen LogP contribution in [-0.2, 0) is 23.3 Å². The molecule has 0 aliphatic heterocycles. The molecule has 0 unspecified atom stereocenters. The van der Waals surface area contributed by atoms with Crippen LogP contribution in [0.25, 0.3) is 0 Å². The fourth-order valence-electron chi connectivity index (χ4n) is 1.12. The van der Waals surface area contributed by atoms with E-state index < -0.39 is 3.64 Å². The van der Waals surface area contributed by atoms with Gasteiger partial charge in [-0.15, -0.1) is 12.2 Å². The maximum atomic E-state index is 5.51. The van der Waals surface area contributed by atoms with Crippen molar-refractivity contribution in [2.75, 3.05) is 0 Å². The summed E-state index contributed by atoms with van der Waals surface area (Å²) < 4.78 is 8.80. The van der Waals surface area contributed by atoms with E-state index in [0.717, 1.165) is 23.0 Å². The van der Waals surface area contributed by atoms with Crippen molar-refractivity contribution in [2.45, 2.75) is 11.5 Å². The summed E-state index contributed by atoms with van der Waals surface area (Å²) in [5, 5.41) is 0. The maximum absolute atomic E-state index is 5.51. The second-order valence-electron chi connectivity index (χ2n) is 3.17. The van der Waals surface area contributed by atoms with Crippen LogP contribution in [0.5, 0.6) is 0 Å². The van der Waals surface area contributed by atoms with Crippen molar-refractivity contribution in [3.63, 3.8) is 0 Å². The average molecular weight is 322 g/mol. The smallest absolute Gasteiger partial charge is 0.114 e. The number of hydrogen-bond acceptors (Lipinski definition) is 5. The Morgan fingerprint density at radius 2 is 1.53 bits per heavy atom. The highest BCUT2D eigenvalue weighted by molar-refractivity contribution is 9.20. The molecule has 2 heterocycles. The Bertz CT molecular complexity index is 438. The van der Waals surface area contributed by atoms with Gasteiger partial charge in [0.15, 0.2) is 0 Å². The Hall–Kier alpha value is 0.260. The van der Waals surface area contributed by atoms with Crippen LogP contribution in [0.15, 0.2) is 45.6 Å². The Kier molecular flexibility index (Phi) is 5.18. The normalized spacial score (nSPS) is 11.8. The number of rotatable bonds is 6. The van der Waals surface area contributed by atoms with Gasteiger partial charge in [-0.1, -0.05) is 34.6 Å². The molecule has 7 heteroatoms. The molecule has 2 nitrogen and oxygen atoms in total. The molecule has 0 fully saturated rings. The first kappa shape index (κ1) is 13.7. The molecule has 0 saturated heterocycles. The van der Waals surface area contributed by atoms with Crippen molar-refractivity contribution in [3.8, 4) is 0 Å². The van der Waals surface area contributed by atoms with Crippen molar-refractivity contribution in [1.29, 1.82) is 0 Å². The summed E-state index contributed by atoms with van der Waals surface area (Å²) in [7, 11) is 0. The van der Waals surface area contributed by atoms with Crippen LogP contribution in [0.3, 0.4) is 0 Å². The first-order valence-corrected chi connectivity index (χ1v) is 12.0. The fraction of sp³-hybridized carbons (Fsp3) is 0.200. The van der Waals surface area contributed by atoms with E-state index in [4.69, 9.17) is 20.6 Å². The molecule has 17 heavy (non-hydrogen) atoms. The van der Waals surface area contributed by atoms with E-state index in [1.165, 1.54) is 0 Å². The SMILES string of the molecule is S=P(S)(SCc1ccco1)SCc1ccco1. The van der Waals surface area contributed by atoms with Crippen molar-refractivity contribution in [2.24, 2.45) is 0 Å². The Morgan fingerprint density at radius 1 is 1.06 bits per heavy atom. The third-order valence-electron chi connectivity index (χ3n) is 1.90. The van der Waals surface area contributed by atoms with Gasteiger partial charge in [-0.3, -0.25) is 0 Å². The third-order valence-corrected chi connectivity index (χ3v) is 12.0. The molecule has 2 aromatic heterocycles. The lowest BCUT2D eigenvalue weighted by molar-refractivity contribution is 0.530. The van der Waals surface area contributed by atoms with E-state index in [1.54, 1.807) is 35.3 Å². The highest BCUT2D eigenvalue weighted by Gasteiger charge is 2.15. The minimum Gasteiger partial charge on any atom is -0.468 e. The summed E-state index contributed by atoms with van der Waals surface area (Å²) in [6, 6.07) is 7.67. The van der Waals surface area contributed by atoms with Gasteiger partial charge < -0.3 is 8.83 Å². The zero-order valence-electron chi connectivity index (χ0n) is 8.81. The minimum absolute atomic E-state index is 0.777. The molecule has 0 aliphatic carbocycles. The summed E-state index contributed by atoms with van der Waals surface area (Å²) in [4.78, 5) is 0. The standard InChI is InChI=1S/C10H11O2PS4/c14-13(15,16-7-9-3-1-5-11-9)17-8-10-4-2-6-12-10/h1-6H,7-8H2,(H,14,15). The molecular formula is C10H11O2PS4. The lowest BCUT2D eigenvalue weighted by Gasteiger charge is -2.12. The zero-order chi connectivity index (χ0) is 12.1. The van der Waals surface area contributed by atoms with Crippen LogP contribution < -0.4 is 0 Å². The molecule has 0 radical (unpaired) electrons. The van der Waals surface area contributed by atoms with Crippen LogP contribution in [0.4, 0.5) is 0 Å². The quantitative estimate of drug-likeness (QED) is 0.583. The van der Waals surface area contributed by atoms with Gasteiger partial charge in [0.1, 0.15) is 15.2 Å². The molecule has 2 aromatic rings. The molecule has 0 aliphatic rings. The first-order chi connectivity index (χ1) is 8.16. The highest BCUT2D eigenvalue weighted by atomic mass is 33.5. The first-order valence-electron chi connectivity index (χ1n) is 4.82. The van der Waals surface area contributed by atoms with E-state index in [2.05, 4.69) is 12.2 Å². The van der Waals surface area contributed by atoms with E-state index >= 15 is 0 Å². The fourth-order valence-corrected chi connectivity index (χ4v) is 7.67. The molecular weight excluding hydrogens is 311 g/mol. The maximum Gasteiger partial charge on any atom is 0.114 e. The second kappa shape index (κ2) is 6.43. The van der Waals surface area contributed by atoms with Crippen LogP contribution in [0, 0.1) is 0 Å². The monoisotopic (exact) mass is 322 g/mol. The Morgan fingerprint density at radius 3 is 1.88 bits per heavy atom. The van der Waals surface area contributed by atoms with Gasteiger partial charge in [0.2, 0.25) is 0 Å². The van der Waals surface area contributed by atoms with Crippen molar-refractivity contribution in [3.05, 3.63) is 48.3 Å². The van der Waals surface area contributed by atoms with Gasteiger partial charge in [0.05, 0.1) is 24.0 Å². The van der Waals surface area contributed by atoms with Crippen molar-refractivity contribution >= 4 is 50.5 Å². The second-order valence-corrected chi connectivity index (χ2v) is 18.0. The van der Waals surface area contributed by atoms with Crippen molar-refractivity contribution < 1.29 is 8.83 Å². The molecule has 0 aromatic carbocycles. The largest absolute Gasteiger partial charge is 0.468 e. The molecule has 2 rings (SSSR count). The van der Waals surface area contributed by atoms with Gasteiger partial charge in [0.25, 0.3) is 0 Å². The van der Waals surface area contributed by atoms with Gasteiger partial charge in [-0.25, -0.2) is 0 Å². The van der Waals surface area contributed by atoms with Gasteiger partial charge in [0, 0.05) is 0 Å². The summed E-state index contributed by atoms with van der Waals surface area (Å²) in [6.07, 6.45) is 3.35. The Labute approximate surface area is 119 Å². The lowest BCUT2D eigenvalue weighted by Crippen LogP contribution is -1.74. The predicted molar refractivity (Wildman–Crippen MR) is 83.3 cm³/mol. The topological polar surface area (TPSA) is 26.3 Å². The molecule has 0 N–H and O–H groups in total. The van der Waals surface area contributed by atoms with Crippen LogP contribution in [-0.4, -0.2) is 0 Å². The van der Waals surface area contributed by atoms with Crippen LogP contribution in [0.1, 0.15) is 11.5 Å². The lowest BCUT2D eigenvalue weighted by atomic mass is 10.5. The molecule has 92 valence electrons. The molecule has 0 spiro atoms. The van der Waals surface area contributed by atoms with Gasteiger partial charge in [-0.2, -0.15) is 0 Å². The molecule has 0 saturated carbocycles. The number of hydrogen-bond donors (Lipinski definition) is 1. The number of thiol groups is 1. The number of furan rings is 2. The summed E-state index contributed by atoms with van der Waals surface area (Å²) in [5.41, 5.74) is 0. The Balaban J connectivity index is 1.80. The van der Waals surface area contributed by atoms with E-state index in [9.17, 15) is 0 Å². The van der Waals surface area contributed by atoms with E-state index in [1.807, 2.05) is 24.3 Å². The van der Waals surface area contributed by atoms with Gasteiger partial charge in [-0.05, 0) is 24.3 Å². The summed E-state index contributed by atoms with van der Waals surface area (Å²) in [5.74, 6) is 3.44.